The van der Waals surface area contributed by atoms with Gasteiger partial charge in [0.25, 0.3) is 0 Å². The van der Waals surface area contributed by atoms with Gasteiger partial charge in [-0.1, -0.05) is 27.7 Å². The average Bonchev–Trinajstić information content (AvgIpc) is 3.09. The first-order valence-electron chi connectivity index (χ1n) is 8.56. The number of nitrogens with zero attached hydrogens (tertiary/aromatic N) is 3. The van der Waals surface area contributed by atoms with Gasteiger partial charge in [-0.15, -0.1) is 11.3 Å². The molecule has 0 saturated heterocycles. The van der Waals surface area contributed by atoms with Crippen LogP contribution in [-0.2, 0) is 16.6 Å². The Morgan fingerprint density at radius 1 is 1.30 bits per heavy atom. The van der Waals surface area contributed by atoms with Crippen molar-refractivity contribution in [3.63, 3.8) is 0 Å². The molecule has 1 aromatic carbocycles. The van der Waals surface area contributed by atoms with Crippen LogP contribution in [0.3, 0.4) is 0 Å². The van der Waals surface area contributed by atoms with E-state index in [2.05, 4.69) is 4.98 Å². The highest BCUT2D eigenvalue weighted by Gasteiger charge is 2.26. The van der Waals surface area contributed by atoms with E-state index in [1.54, 1.807) is 13.8 Å². The molecule has 0 N–H and O–H groups in total. The minimum absolute atomic E-state index is 0.0117. The Kier molecular flexibility index (Phi) is 6.90. The van der Waals surface area contributed by atoms with E-state index < -0.39 is 14.9 Å². The zero-order valence-corrected chi connectivity index (χ0v) is 17.3. The summed E-state index contributed by atoms with van der Waals surface area (Å²) in [6.45, 7) is 8.14. The molecule has 0 amide bonds. The monoisotopic (exact) mass is 413 g/mol. The number of benzene rings is 1. The number of nitro groups is 1. The average molecular weight is 414 g/mol. The summed E-state index contributed by atoms with van der Waals surface area (Å²) in [5.41, 5.74) is 0.292. The number of aromatic nitrogens is 1. The largest absolute Gasteiger partial charge is 0.480 e. The molecule has 0 radical (unpaired) electrons. The van der Waals surface area contributed by atoms with E-state index in [1.807, 2.05) is 19.2 Å². The van der Waals surface area contributed by atoms with Crippen LogP contribution in [0.4, 0.5) is 5.69 Å². The predicted octanol–water partition coefficient (Wildman–Crippen LogP) is 3.78. The maximum absolute atomic E-state index is 12.6. The van der Waals surface area contributed by atoms with Gasteiger partial charge in [-0.05, 0) is 12.1 Å². The highest BCUT2D eigenvalue weighted by atomic mass is 32.2. The number of thiazole rings is 1. The van der Waals surface area contributed by atoms with Crippen LogP contribution in [0.15, 0.2) is 28.5 Å². The molecule has 0 saturated carbocycles. The summed E-state index contributed by atoms with van der Waals surface area (Å²) in [6, 6.07) is 3.70. The van der Waals surface area contributed by atoms with E-state index in [1.165, 1.54) is 27.8 Å². The van der Waals surface area contributed by atoms with Crippen LogP contribution in [0.25, 0.3) is 0 Å². The molecule has 1 heterocycles. The highest BCUT2D eigenvalue weighted by molar-refractivity contribution is 7.89. The lowest BCUT2D eigenvalue weighted by molar-refractivity contribution is -0.386. The normalized spacial score (nSPS) is 11.9. The van der Waals surface area contributed by atoms with Gasteiger partial charge in [-0.2, -0.15) is 4.31 Å². The second-order valence-electron chi connectivity index (χ2n) is 6.10. The minimum Gasteiger partial charge on any atom is -0.480 e. The number of sulfonamides is 1. The SMILES string of the molecule is CCN(CC)S(=O)(=O)c1ccc(OCc2csc(C(C)C)n2)c([N+](=O)[O-])c1. The highest BCUT2D eigenvalue weighted by Crippen LogP contribution is 2.31. The van der Waals surface area contributed by atoms with Gasteiger partial charge in [0.1, 0.15) is 6.61 Å². The van der Waals surface area contributed by atoms with E-state index in [0.717, 1.165) is 11.1 Å². The van der Waals surface area contributed by atoms with E-state index >= 15 is 0 Å². The Labute approximate surface area is 163 Å². The third-order valence-corrected chi connectivity index (χ3v) is 7.15. The van der Waals surface area contributed by atoms with Gasteiger partial charge in [-0.3, -0.25) is 10.1 Å². The first-order valence-corrected chi connectivity index (χ1v) is 10.9. The molecule has 1 aromatic heterocycles. The summed E-state index contributed by atoms with van der Waals surface area (Å²) in [5, 5.41) is 14.2. The molecule has 0 atom stereocenters. The number of rotatable bonds is 9. The van der Waals surface area contributed by atoms with Crippen molar-refractivity contribution in [2.75, 3.05) is 13.1 Å². The molecule has 0 aliphatic heterocycles. The molecule has 0 fully saturated rings. The van der Waals surface area contributed by atoms with Gasteiger partial charge in [0.15, 0.2) is 5.75 Å². The maximum Gasteiger partial charge on any atom is 0.312 e. The first kappa shape index (κ1) is 21.3. The Balaban J connectivity index is 2.28. The summed E-state index contributed by atoms with van der Waals surface area (Å²) in [7, 11) is -3.78. The third kappa shape index (κ3) is 4.82. The lowest BCUT2D eigenvalue weighted by Gasteiger charge is -2.18. The molecular formula is C17H23N3O5S2. The molecule has 27 heavy (non-hydrogen) atoms. The zero-order chi connectivity index (χ0) is 20.2. The van der Waals surface area contributed by atoms with Gasteiger partial charge in [0.2, 0.25) is 10.0 Å². The molecule has 0 aliphatic carbocycles. The van der Waals surface area contributed by atoms with Crippen molar-refractivity contribution < 1.29 is 18.1 Å². The third-order valence-electron chi connectivity index (χ3n) is 3.91. The fourth-order valence-electron chi connectivity index (χ4n) is 2.44. The van der Waals surface area contributed by atoms with Crippen molar-refractivity contribution in [3.8, 4) is 5.75 Å². The molecule has 2 rings (SSSR count). The van der Waals surface area contributed by atoms with Gasteiger partial charge < -0.3 is 4.74 Å². The molecule has 0 spiro atoms. The van der Waals surface area contributed by atoms with Crippen LogP contribution in [0.1, 0.15) is 44.3 Å². The van der Waals surface area contributed by atoms with Gasteiger partial charge in [0.05, 0.1) is 20.5 Å². The van der Waals surface area contributed by atoms with Gasteiger partial charge in [-0.25, -0.2) is 13.4 Å². The second-order valence-corrected chi connectivity index (χ2v) is 8.92. The Hall–Kier alpha value is -2.04. The molecule has 148 valence electrons. The fourth-order valence-corrected chi connectivity index (χ4v) is 4.74. The van der Waals surface area contributed by atoms with Crippen LogP contribution in [0, 0.1) is 10.1 Å². The summed E-state index contributed by atoms with van der Waals surface area (Å²) in [5.74, 6) is 0.306. The Morgan fingerprint density at radius 2 is 1.96 bits per heavy atom. The zero-order valence-electron chi connectivity index (χ0n) is 15.7. The molecular weight excluding hydrogens is 390 g/mol. The number of nitro benzene ring substituents is 1. The van der Waals surface area contributed by atoms with E-state index in [4.69, 9.17) is 4.74 Å². The predicted molar refractivity (Wildman–Crippen MR) is 104 cm³/mol. The quantitative estimate of drug-likeness (QED) is 0.458. The summed E-state index contributed by atoms with van der Waals surface area (Å²) in [6.07, 6.45) is 0. The van der Waals surface area contributed by atoms with Crippen LogP contribution in [0.5, 0.6) is 5.75 Å². The van der Waals surface area contributed by atoms with Crippen LogP contribution in [0.2, 0.25) is 0 Å². The molecule has 0 unspecified atom stereocenters. The Bertz CT molecular complexity index is 905. The standard InChI is InChI=1S/C17H23N3O5S2/c1-5-19(6-2)27(23,24)14-7-8-16(15(9-14)20(21)22)25-10-13-11-26-17(18-13)12(3)4/h7-9,11-12H,5-6,10H2,1-4H3. The van der Waals surface area contributed by atoms with Crippen molar-refractivity contribution in [2.45, 2.75) is 45.1 Å². The van der Waals surface area contributed by atoms with Crippen molar-refractivity contribution in [2.24, 2.45) is 0 Å². The maximum atomic E-state index is 12.6. The minimum atomic E-state index is -3.78. The lowest BCUT2D eigenvalue weighted by Crippen LogP contribution is -2.30. The molecule has 0 bridgehead atoms. The smallest absolute Gasteiger partial charge is 0.312 e. The fraction of sp³-hybridized carbons (Fsp3) is 0.471. The van der Waals surface area contributed by atoms with Gasteiger partial charge >= 0.3 is 5.69 Å². The molecule has 8 nitrogen and oxygen atoms in total. The van der Waals surface area contributed by atoms with Crippen molar-refractivity contribution in [1.82, 2.24) is 9.29 Å². The van der Waals surface area contributed by atoms with E-state index in [0.29, 0.717) is 11.6 Å². The topological polar surface area (TPSA) is 103 Å². The lowest BCUT2D eigenvalue weighted by atomic mass is 10.2. The molecule has 10 heteroatoms. The number of hydrogen-bond acceptors (Lipinski definition) is 7. The summed E-state index contributed by atoms with van der Waals surface area (Å²) in [4.78, 5) is 15.1. The molecule has 0 aliphatic rings. The number of hydrogen-bond donors (Lipinski definition) is 0. The van der Waals surface area contributed by atoms with E-state index in [-0.39, 0.29) is 36.0 Å². The van der Waals surface area contributed by atoms with Crippen molar-refractivity contribution >= 4 is 27.0 Å². The first-order chi connectivity index (χ1) is 12.7. The van der Waals surface area contributed by atoms with Crippen LogP contribution >= 0.6 is 11.3 Å². The van der Waals surface area contributed by atoms with E-state index in [9.17, 15) is 18.5 Å². The van der Waals surface area contributed by atoms with Gasteiger partial charge in [0, 0.05) is 30.5 Å². The molecule has 2 aromatic rings. The van der Waals surface area contributed by atoms with Crippen LogP contribution in [-0.4, -0.2) is 35.7 Å². The number of ether oxygens (including phenoxy) is 1. The summed E-state index contributed by atoms with van der Waals surface area (Å²) < 4.78 is 32.0. The Morgan fingerprint density at radius 3 is 2.48 bits per heavy atom. The summed E-state index contributed by atoms with van der Waals surface area (Å²) >= 11 is 1.51. The second kappa shape index (κ2) is 8.77. The van der Waals surface area contributed by atoms with Crippen molar-refractivity contribution in [3.05, 3.63) is 44.4 Å². The van der Waals surface area contributed by atoms with Crippen molar-refractivity contribution in [1.29, 1.82) is 0 Å². The van der Waals surface area contributed by atoms with Crippen LogP contribution < -0.4 is 4.74 Å².